The lowest BCUT2D eigenvalue weighted by molar-refractivity contribution is 0.354. The van der Waals surface area contributed by atoms with Crippen molar-refractivity contribution >= 4 is 29.9 Å². The zero-order valence-electron chi connectivity index (χ0n) is 18.7. The first kappa shape index (κ1) is 25.4. The van der Waals surface area contributed by atoms with Gasteiger partial charge < -0.3 is 20.1 Å². The average Bonchev–Trinajstić information content (AvgIpc) is 3.30. The highest BCUT2D eigenvalue weighted by Gasteiger charge is 2.05. The Morgan fingerprint density at radius 2 is 1.81 bits per heavy atom. The van der Waals surface area contributed by atoms with Crippen LogP contribution in [0.25, 0.3) is 0 Å². The Hall–Kier alpha value is -2.82. The van der Waals surface area contributed by atoms with Crippen molar-refractivity contribution in [3.63, 3.8) is 0 Å². The molecular weight excluding hydrogens is 519 g/mol. The molecule has 0 saturated heterocycles. The van der Waals surface area contributed by atoms with Crippen LogP contribution in [0.4, 0.5) is 0 Å². The van der Waals surface area contributed by atoms with E-state index in [9.17, 15) is 0 Å². The van der Waals surface area contributed by atoms with Crippen LogP contribution >= 0.6 is 24.0 Å². The van der Waals surface area contributed by atoms with E-state index in [-0.39, 0.29) is 24.0 Å². The first-order chi connectivity index (χ1) is 15.2. The predicted molar refractivity (Wildman–Crippen MR) is 137 cm³/mol. The molecule has 0 saturated carbocycles. The van der Waals surface area contributed by atoms with Gasteiger partial charge in [-0.15, -0.1) is 24.0 Å². The van der Waals surface area contributed by atoms with E-state index < -0.39 is 0 Å². The molecule has 0 aliphatic rings. The molecule has 0 bridgehead atoms. The molecule has 32 heavy (non-hydrogen) atoms. The lowest BCUT2D eigenvalue weighted by Gasteiger charge is -2.13. The van der Waals surface area contributed by atoms with Gasteiger partial charge in [-0.05, 0) is 42.2 Å². The monoisotopic (exact) mass is 550 g/mol. The molecule has 172 valence electrons. The van der Waals surface area contributed by atoms with E-state index in [0.29, 0.717) is 13.1 Å². The minimum atomic E-state index is 0. The Balaban J connectivity index is 0.00000363. The quantitative estimate of drug-likeness (QED) is 0.229. The number of aromatic nitrogens is 3. The van der Waals surface area contributed by atoms with Crippen molar-refractivity contribution in [2.45, 2.75) is 26.4 Å². The Morgan fingerprint density at radius 1 is 1.00 bits per heavy atom. The maximum atomic E-state index is 5.38. The summed E-state index contributed by atoms with van der Waals surface area (Å²) < 4.78 is 12.5. The number of hydrogen-bond donors (Lipinski definition) is 2. The molecule has 0 amide bonds. The lowest BCUT2D eigenvalue weighted by atomic mass is 10.1. The fourth-order valence-corrected chi connectivity index (χ4v) is 3.20. The van der Waals surface area contributed by atoms with E-state index in [2.05, 4.69) is 51.9 Å². The molecule has 0 atom stereocenters. The third kappa shape index (κ3) is 7.70. The number of halogens is 1. The number of guanidine groups is 1. The third-order valence-corrected chi connectivity index (χ3v) is 4.72. The van der Waals surface area contributed by atoms with E-state index in [1.54, 1.807) is 26.9 Å². The van der Waals surface area contributed by atoms with Gasteiger partial charge >= 0.3 is 0 Å². The fraction of sp³-hybridized carbons (Fsp3) is 0.348. The number of hydrogen-bond acceptors (Lipinski definition) is 5. The van der Waals surface area contributed by atoms with E-state index in [4.69, 9.17) is 14.5 Å². The van der Waals surface area contributed by atoms with Gasteiger partial charge in [-0.25, -0.2) is 14.7 Å². The summed E-state index contributed by atoms with van der Waals surface area (Å²) in [4.78, 5) is 8.72. The Kier molecular flexibility index (Phi) is 10.8. The van der Waals surface area contributed by atoms with Gasteiger partial charge in [-0.2, -0.15) is 5.10 Å². The van der Waals surface area contributed by atoms with Gasteiger partial charge in [0.1, 0.15) is 12.7 Å². The Morgan fingerprint density at radius 3 is 2.53 bits per heavy atom. The molecule has 0 spiro atoms. The van der Waals surface area contributed by atoms with E-state index >= 15 is 0 Å². The second-order valence-corrected chi connectivity index (χ2v) is 6.97. The first-order valence-corrected chi connectivity index (χ1v) is 10.3. The average molecular weight is 550 g/mol. The number of nitrogens with zero attached hydrogens (tertiary/aromatic N) is 4. The van der Waals surface area contributed by atoms with Crippen LogP contribution in [-0.4, -0.2) is 48.0 Å². The summed E-state index contributed by atoms with van der Waals surface area (Å²) in [6.45, 7) is 4.91. The van der Waals surface area contributed by atoms with Crippen LogP contribution in [0.3, 0.4) is 0 Å². The second kappa shape index (κ2) is 13.6. The topological polar surface area (TPSA) is 85.6 Å². The highest BCUT2D eigenvalue weighted by Crippen LogP contribution is 2.27. The summed E-state index contributed by atoms with van der Waals surface area (Å²) in [5.74, 6) is 2.27. The van der Waals surface area contributed by atoms with Crippen LogP contribution in [0.15, 0.2) is 60.1 Å². The fourth-order valence-electron chi connectivity index (χ4n) is 3.20. The Bertz CT molecular complexity index is 978. The van der Waals surface area contributed by atoms with Gasteiger partial charge in [0.2, 0.25) is 0 Å². The van der Waals surface area contributed by atoms with Crippen molar-refractivity contribution in [3.8, 4) is 11.5 Å². The maximum Gasteiger partial charge on any atom is 0.191 e. The second-order valence-electron chi connectivity index (χ2n) is 6.97. The third-order valence-electron chi connectivity index (χ3n) is 4.72. The number of rotatable bonds is 10. The molecule has 3 aromatic rings. The smallest absolute Gasteiger partial charge is 0.191 e. The minimum absolute atomic E-state index is 0. The molecule has 8 nitrogen and oxygen atoms in total. The number of methoxy groups -OCH3 is 2. The number of nitrogens with one attached hydrogen (secondary N) is 2. The van der Waals surface area contributed by atoms with Gasteiger partial charge in [0.05, 0.1) is 27.3 Å². The molecule has 9 heteroatoms. The van der Waals surface area contributed by atoms with Gasteiger partial charge in [0, 0.05) is 13.1 Å². The van der Waals surface area contributed by atoms with Crippen molar-refractivity contribution < 1.29 is 9.47 Å². The molecule has 0 aliphatic heterocycles. The van der Waals surface area contributed by atoms with Crippen LogP contribution in [0.5, 0.6) is 11.5 Å². The molecule has 1 aromatic heterocycles. The van der Waals surface area contributed by atoms with Gasteiger partial charge in [-0.1, -0.05) is 30.3 Å². The van der Waals surface area contributed by atoms with Crippen molar-refractivity contribution in [2.75, 3.05) is 27.3 Å². The lowest BCUT2D eigenvalue weighted by Crippen LogP contribution is -2.38. The van der Waals surface area contributed by atoms with Crippen LogP contribution in [0.1, 0.15) is 23.6 Å². The summed E-state index contributed by atoms with van der Waals surface area (Å²) in [5, 5.41) is 10.9. The molecule has 1 heterocycles. The van der Waals surface area contributed by atoms with Gasteiger partial charge in [0.25, 0.3) is 0 Å². The summed E-state index contributed by atoms with van der Waals surface area (Å²) in [5.41, 5.74) is 3.49. The van der Waals surface area contributed by atoms with E-state index in [1.807, 2.05) is 22.9 Å². The zero-order valence-corrected chi connectivity index (χ0v) is 21.1. The summed E-state index contributed by atoms with van der Waals surface area (Å²) >= 11 is 0. The van der Waals surface area contributed by atoms with Crippen molar-refractivity contribution in [2.24, 2.45) is 4.99 Å². The minimum Gasteiger partial charge on any atom is -0.493 e. The molecule has 0 aliphatic carbocycles. The standard InChI is InChI=1S/C23H30N6O2.HI/c1-4-25-23(26-11-10-18-8-9-21(30-2)22(13-18)31-3)27-14-19-6-5-7-20(12-19)15-29-17-24-16-28-29;/h5-9,12-13,16-17H,4,10-11,14-15H2,1-3H3,(H2,25,26,27);1H. The van der Waals surface area contributed by atoms with Gasteiger partial charge in [-0.3, -0.25) is 0 Å². The number of aliphatic imine (C=N–C) groups is 1. The van der Waals surface area contributed by atoms with E-state index in [0.717, 1.165) is 42.5 Å². The van der Waals surface area contributed by atoms with Crippen molar-refractivity contribution in [1.29, 1.82) is 0 Å². The molecule has 2 N–H and O–H groups in total. The van der Waals surface area contributed by atoms with Crippen LogP contribution in [0, 0.1) is 0 Å². The van der Waals surface area contributed by atoms with Crippen LogP contribution in [0.2, 0.25) is 0 Å². The molecule has 0 radical (unpaired) electrons. The number of benzene rings is 2. The highest BCUT2D eigenvalue weighted by atomic mass is 127. The maximum absolute atomic E-state index is 5.38. The first-order valence-electron chi connectivity index (χ1n) is 10.3. The molecular formula is C23H31IN6O2. The van der Waals surface area contributed by atoms with Crippen molar-refractivity contribution in [1.82, 2.24) is 25.4 Å². The molecule has 3 rings (SSSR count). The Labute approximate surface area is 206 Å². The molecule has 0 fully saturated rings. The van der Waals surface area contributed by atoms with Crippen molar-refractivity contribution in [3.05, 3.63) is 71.8 Å². The SMILES string of the molecule is CCNC(=NCc1cccc(Cn2cncn2)c1)NCCc1ccc(OC)c(OC)c1.I. The molecule has 2 aromatic carbocycles. The zero-order chi connectivity index (χ0) is 21.9. The van der Waals surface area contributed by atoms with Crippen LogP contribution < -0.4 is 20.1 Å². The predicted octanol–water partition coefficient (Wildman–Crippen LogP) is 3.26. The largest absolute Gasteiger partial charge is 0.493 e. The summed E-state index contributed by atoms with van der Waals surface area (Å²) in [6.07, 6.45) is 4.11. The summed E-state index contributed by atoms with van der Waals surface area (Å²) in [6, 6.07) is 14.4. The highest BCUT2D eigenvalue weighted by molar-refractivity contribution is 14.0. The summed E-state index contributed by atoms with van der Waals surface area (Å²) in [7, 11) is 3.29. The molecule has 0 unspecified atom stereocenters. The van der Waals surface area contributed by atoms with Gasteiger partial charge in [0.15, 0.2) is 17.5 Å². The number of ether oxygens (including phenoxy) is 2. The van der Waals surface area contributed by atoms with E-state index in [1.165, 1.54) is 11.1 Å². The normalized spacial score (nSPS) is 10.9. The van der Waals surface area contributed by atoms with Crippen LogP contribution in [-0.2, 0) is 19.5 Å².